The minimum atomic E-state index is -0.620. The van der Waals surface area contributed by atoms with Crippen LogP contribution in [0.4, 0.5) is 0 Å². The summed E-state index contributed by atoms with van der Waals surface area (Å²) >= 11 is 6.16. The molecule has 1 aliphatic heterocycles. The molecular formula is C17H17ClN4O2. The molecule has 3 N–H and O–H groups in total. The molecule has 4 rings (SSSR count). The van der Waals surface area contributed by atoms with Gasteiger partial charge in [-0.3, -0.25) is 4.79 Å². The van der Waals surface area contributed by atoms with E-state index in [1.807, 2.05) is 25.1 Å². The molecule has 0 spiro atoms. The molecule has 124 valence electrons. The smallest absolute Gasteiger partial charge is 0.268 e. The molecule has 24 heavy (non-hydrogen) atoms. The topological polar surface area (TPSA) is 82.8 Å². The van der Waals surface area contributed by atoms with E-state index >= 15 is 0 Å². The van der Waals surface area contributed by atoms with Crippen LogP contribution in [0.2, 0.25) is 5.02 Å². The summed E-state index contributed by atoms with van der Waals surface area (Å²) in [5.74, 6) is 0.521. The van der Waals surface area contributed by atoms with E-state index in [2.05, 4.69) is 20.3 Å². The summed E-state index contributed by atoms with van der Waals surface area (Å²) < 4.78 is 5.51. The zero-order valence-electron chi connectivity index (χ0n) is 13.1. The number of rotatable bonds is 3. The van der Waals surface area contributed by atoms with Crippen LogP contribution in [0, 0.1) is 6.92 Å². The van der Waals surface area contributed by atoms with Gasteiger partial charge >= 0.3 is 0 Å². The Morgan fingerprint density at radius 2 is 2.33 bits per heavy atom. The Labute approximate surface area is 143 Å². The number of carbonyl (C=O) groups is 1. The maximum atomic E-state index is 12.8. The van der Waals surface area contributed by atoms with Gasteiger partial charge in [-0.05, 0) is 30.7 Å². The Hall–Kier alpha value is -2.31. The fourth-order valence-corrected chi connectivity index (χ4v) is 3.33. The number of aromatic amines is 2. The molecule has 0 bridgehead atoms. The molecule has 6 nitrogen and oxygen atoms in total. The number of H-pyrrole nitrogens is 2. The van der Waals surface area contributed by atoms with E-state index in [4.69, 9.17) is 16.3 Å². The summed E-state index contributed by atoms with van der Waals surface area (Å²) in [6.07, 6.45) is 4.10. The Kier molecular flexibility index (Phi) is 3.58. The fourth-order valence-electron chi connectivity index (χ4n) is 3.17. The molecule has 0 radical (unpaired) electrons. The summed E-state index contributed by atoms with van der Waals surface area (Å²) in [6, 6.07) is 5.53. The summed E-state index contributed by atoms with van der Waals surface area (Å²) in [5, 5.41) is 4.72. The maximum absolute atomic E-state index is 12.8. The maximum Gasteiger partial charge on any atom is 0.268 e. The molecule has 7 heteroatoms. The van der Waals surface area contributed by atoms with E-state index in [1.54, 1.807) is 12.4 Å². The Bertz CT molecular complexity index is 895. The molecule has 3 aromatic rings. The molecule has 3 heterocycles. The Balaban J connectivity index is 1.67. The molecule has 2 aromatic heterocycles. The van der Waals surface area contributed by atoms with Gasteiger partial charge in [-0.2, -0.15) is 0 Å². The highest BCUT2D eigenvalue weighted by atomic mass is 35.5. The summed E-state index contributed by atoms with van der Waals surface area (Å²) in [5.41, 5.74) is 1.71. The minimum Gasteiger partial charge on any atom is -0.378 e. The van der Waals surface area contributed by atoms with Crippen molar-refractivity contribution >= 4 is 28.4 Å². The van der Waals surface area contributed by atoms with Gasteiger partial charge in [0.05, 0.1) is 6.61 Å². The molecule has 1 atom stereocenters. The van der Waals surface area contributed by atoms with Crippen LogP contribution < -0.4 is 5.32 Å². The second-order valence-electron chi connectivity index (χ2n) is 6.09. The number of hydrogen-bond donors (Lipinski definition) is 3. The molecule has 0 aliphatic carbocycles. The van der Waals surface area contributed by atoms with E-state index < -0.39 is 5.54 Å². The van der Waals surface area contributed by atoms with Crippen molar-refractivity contribution in [1.82, 2.24) is 20.3 Å². The van der Waals surface area contributed by atoms with Crippen LogP contribution in [0.25, 0.3) is 10.9 Å². The van der Waals surface area contributed by atoms with Crippen LogP contribution in [0.3, 0.4) is 0 Å². The summed E-state index contributed by atoms with van der Waals surface area (Å²) in [6.45, 7) is 2.93. The summed E-state index contributed by atoms with van der Waals surface area (Å²) in [7, 11) is 0. The number of fused-ring (bicyclic) bond motifs is 1. The highest BCUT2D eigenvalue weighted by Crippen LogP contribution is 2.30. The number of nitrogens with zero attached hydrogens (tertiary/aromatic N) is 1. The van der Waals surface area contributed by atoms with E-state index in [0.29, 0.717) is 36.2 Å². The molecule has 1 fully saturated rings. The van der Waals surface area contributed by atoms with Crippen molar-refractivity contribution in [2.24, 2.45) is 0 Å². The summed E-state index contributed by atoms with van der Waals surface area (Å²) in [4.78, 5) is 23.3. The Morgan fingerprint density at radius 1 is 1.46 bits per heavy atom. The van der Waals surface area contributed by atoms with Crippen LogP contribution in [-0.2, 0) is 10.3 Å². The van der Waals surface area contributed by atoms with Gasteiger partial charge in [-0.1, -0.05) is 11.6 Å². The molecule has 1 unspecified atom stereocenters. The minimum absolute atomic E-state index is 0.191. The second-order valence-corrected chi connectivity index (χ2v) is 6.50. The lowest BCUT2D eigenvalue weighted by molar-refractivity contribution is 0.0865. The van der Waals surface area contributed by atoms with Crippen LogP contribution >= 0.6 is 11.6 Å². The average Bonchev–Trinajstić information content (AvgIpc) is 3.30. The molecule has 0 saturated carbocycles. The lowest BCUT2D eigenvalue weighted by Crippen LogP contribution is -2.47. The second kappa shape index (κ2) is 5.65. The van der Waals surface area contributed by atoms with Gasteiger partial charge in [0, 0.05) is 41.3 Å². The first-order valence-corrected chi connectivity index (χ1v) is 8.15. The van der Waals surface area contributed by atoms with E-state index in [1.165, 1.54) is 0 Å². The first kappa shape index (κ1) is 15.2. The van der Waals surface area contributed by atoms with Crippen molar-refractivity contribution in [3.63, 3.8) is 0 Å². The third kappa shape index (κ3) is 2.39. The number of halogens is 1. The van der Waals surface area contributed by atoms with Crippen LogP contribution in [0.5, 0.6) is 0 Å². The van der Waals surface area contributed by atoms with Crippen LogP contribution in [-0.4, -0.2) is 34.1 Å². The van der Waals surface area contributed by atoms with Crippen LogP contribution in [0.15, 0.2) is 30.6 Å². The van der Waals surface area contributed by atoms with Gasteiger partial charge < -0.3 is 20.0 Å². The number of hydrogen-bond acceptors (Lipinski definition) is 3. The zero-order chi connectivity index (χ0) is 16.7. The molecule has 1 amide bonds. The van der Waals surface area contributed by atoms with Crippen molar-refractivity contribution in [3.05, 3.63) is 52.7 Å². The number of aromatic nitrogens is 3. The number of nitrogens with one attached hydrogen (secondary N) is 3. The van der Waals surface area contributed by atoms with Crippen LogP contribution in [0.1, 0.15) is 28.3 Å². The van der Waals surface area contributed by atoms with Crippen molar-refractivity contribution < 1.29 is 9.53 Å². The van der Waals surface area contributed by atoms with E-state index in [0.717, 1.165) is 16.5 Å². The predicted molar refractivity (Wildman–Crippen MR) is 91.2 cm³/mol. The number of imidazole rings is 1. The lowest BCUT2D eigenvalue weighted by Gasteiger charge is -2.26. The number of ether oxygens (including phenoxy) is 1. The third-order valence-electron chi connectivity index (χ3n) is 4.58. The van der Waals surface area contributed by atoms with Gasteiger partial charge in [0.2, 0.25) is 0 Å². The standard InChI is InChI=1S/C17H17ClN4O2/c1-10-11-8-14(21-13(11)3-2-12(10)18)15(23)22-17(4-7-24-9-17)16-19-5-6-20-16/h2-3,5-6,8,21H,4,7,9H2,1H3,(H,19,20)(H,22,23). The van der Waals surface area contributed by atoms with Gasteiger partial charge in [-0.15, -0.1) is 0 Å². The highest BCUT2D eigenvalue weighted by molar-refractivity contribution is 6.32. The third-order valence-corrected chi connectivity index (χ3v) is 4.99. The first-order chi connectivity index (χ1) is 11.6. The monoisotopic (exact) mass is 344 g/mol. The number of amides is 1. The molecular weight excluding hydrogens is 328 g/mol. The van der Waals surface area contributed by atoms with Gasteiger partial charge in [0.25, 0.3) is 5.91 Å². The number of benzene rings is 1. The molecule has 1 aliphatic rings. The SMILES string of the molecule is Cc1c(Cl)ccc2[nH]c(C(=O)NC3(c4ncc[nH]4)CCOC3)cc12. The largest absolute Gasteiger partial charge is 0.378 e. The highest BCUT2D eigenvalue weighted by Gasteiger charge is 2.41. The van der Waals surface area contributed by atoms with Crippen molar-refractivity contribution in [3.8, 4) is 0 Å². The van der Waals surface area contributed by atoms with E-state index in [9.17, 15) is 4.79 Å². The van der Waals surface area contributed by atoms with Crippen molar-refractivity contribution in [2.75, 3.05) is 13.2 Å². The van der Waals surface area contributed by atoms with Gasteiger partial charge in [-0.25, -0.2) is 4.98 Å². The van der Waals surface area contributed by atoms with Gasteiger partial charge in [0.1, 0.15) is 17.1 Å². The lowest BCUT2D eigenvalue weighted by atomic mass is 9.97. The number of aryl methyl sites for hydroxylation is 1. The first-order valence-electron chi connectivity index (χ1n) is 7.77. The quantitative estimate of drug-likeness (QED) is 0.683. The normalized spacial score (nSPS) is 20.6. The van der Waals surface area contributed by atoms with Crippen molar-refractivity contribution in [2.45, 2.75) is 18.9 Å². The van der Waals surface area contributed by atoms with Crippen molar-refractivity contribution in [1.29, 1.82) is 0 Å². The predicted octanol–water partition coefficient (Wildman–Crippen LogP) is 2.90. The zero-order valence-corrected chi connectivity index (χ0v) is 13.9. The molecule has 1 saturated heterocycles. The Morgan fingerprint density at radius 3 is 3.04 bits per heavy atom. The fraction of sp³-hybridized carbons (Fsp3) is 0.294. The average molecular weight is 345 g/mol. The molecule has 1 aromatic carbocycles. The number of carbonyl (C=O) groups excluding carboxylic acids is 1. The van der Waals surface area contributed by atoms with Gasteiger partial charge in [0.15, 0.2) is 0 Å². The van der Waals surface area contributed by atoms with E-state index in [-0.39, 0.29) is 5.91 Å².